The van der Waals surface area contributed by atoms with Crippen LogP contribution in [0.25, 0.3) is 11.2 Å². The minimum Gasteiger partial charge on any atom is -0.303 e. The van der Waals surface area contributed by atoms with E-state index in [9.17, 15) is 9.59 Å². The Labute approximate surface area is 147 Å². The lowest BCUT2D eigenvalue weighted by Gasteiger charge is -2.06. The summed E-state index contributed by atoms with van der Waals surface area (Å²) in [5, 5.41) is 4.97. The number of hydrogen-bond acceptors (Lipinski definition) is 5. The maximum absolute atomic E-state index is 12.1. The number of benzene rings is 1. The molecule has 8 nitrogen and oxygen atoms in total. The molecule has 0 unspecified atom stereocenters. The summed E-state index contributed by atoms with van der Waals surface area (Å²) in [4.78, 5) is 30.5. The molecule has 0 amide bonds. The van der Waals surface area contributed by atoms with Crippen molar-refractivity contribution in [3.63, 3.8) is 0 Å². The molecule has 3 rings (SSSR count). The van der Waals surface area contributed by atoms with E-state index in [1.54, 1.807) is 23.7 Å². The van der Waals surface area contributed by atoms with Crippen molar-refractivity contribution < 1.29 is 0 Å². The molecule has 25 heavy (non-hydrogen) atoms. The smallest absolute Gasteiger partial charge is 0.303 e. The van der Waals surface area contributed by atoms with Crippen molar-refractivity contribution >= 4 is 34.4 Å². The van der Waals surface area contributed by atoms with E-state index in [0.717, 1.165) is 11.3 Å². The van der Waals surface area contributed by atoms with Crippen LogP contribution in [0.4, 0.5) is 5.95 Å². The van der Waals surface area contributed by atoms with E-state index in [4.69, 9.17) is 11.6 Å². The number of hydrazone groups is 1. The molecule has 9 heteroatoms. The molecular formula is C16H17ClN6O2. The minimum atomic E-state index is -0.509. The second-order valence-corrected chi connectivity index (χ2v) is 5.92. The van der Waals surface area contributed by atoms with Crippen LogP contribution in [0.15, 0.2) is 39.0 Å². The number of fused-ring (bicyclic) bond motifs is 1. The summed E-state index contributed by atoms with van der Waals surface area (Å²) in [5.74, 6) is 0.387. The zero-order valence-corrected chi connectivity index (χ0v) is 14.8. The fourth-order valence-electron chi connectivity index (χ4n) is 2.52. The second kappa shape index (κ2) is 6.56. The third-order valence-electron chi connectivity index (χ3n) is 3.91. The topological polar surface area (TPSA) is 97.1 Å². The number of nitrogens with one attached hydrogen (secondary N) is 2. The molecule has 0 bridgehead atoms. The normalized spacial score (nSPS) is 11.9. The van der Waals surface area contributed by atoms with E-state index in [-0.39, 0.29) is 0 Å². The summed E-state index contributed by atoms with van der Waals surface area (Å²) in [5.41, 5.74) is 4.16. The Morgan fingerprint density at radius 3 is 2.64 bits per heavy atom. The van der Waals surface area contributed by atoms with Gasteiger partial charge in [-0.15, -0.1) is 0 Å². The molecule has 0 spiro atoms. The SMILES string of the molecule is CCn1c(NN=C(C)c2ccc(Cl)cc2)nc2c1c(=O)[nH]c(=O)n2C. The maximum atomic E-state index is 12.1. The van der Waals surface area contributed by atoms with Gasteiger partial charge in [-0.2, -0.15) is 10.1 Å². The number of halogens is 1. The second-order valence-electron chi connectivity index (χ2n) is 5.49. The van der Waals surface area contributed by atoms with Gasteiger partial charge in [-0.25, -0.2) is 10.2 Å². The number of hydrogen-bond donors (Lipinski definition) is 2. The number of aromatic nitrogens is 4. The van der Waals surface area contributed by atoms with Crippen molar-refractivity contribution in [3.8, 4) is 0 Å². The van der Waals surface area contributed by atoms with Gasteiger partial charge in [0.25, 0.3) is 5.56 Å². The Balaban J connectivity index is 2.04. The highest BCUT2D eigenvalue weighted by atomic mass is 35.5. The lowest BCUT2D eigenvalue weighted by molar-refractivity contribution is 0.781. The number of H-pyrrole nitrogens is 1. The van der Waals surface area contributed by atoms with Gasteiger partial charge in [-0.3, -0.25) is 14.3 Å². The molecule has 0 fully saturated rings. The molecule has 0 saturated heterocycles. The summed E-state index contributed by atoms with van der Waals surface area (Å²) in [6.07, 6.45) is 0. The van der Waals surface area contributed by atoms with Gasteiger partial charge in [-0.05, 0) is 31.5 Å². The van der Waals surface area contributed by atoms with E-state index in [1.807, 2.05) is 26.0 Å². The van der Waals surface area contributed by atoms with Crippen LogP contribution in [0.5, 0.6) is 0 Å². The number of aromatic amines is 1. The summed E-state index contributed by atoms with van der Waals surface area (Å²) >= 11 is 5.89. The van der Waals surface area contributed by atoms with Crippen LogP contribution in [0.2, 0.25) is 5.02 Å². The molecule has 0 saturated carbocycles. The predicted octanol–water partition coefficient (Wildman–Crippen LogP) is 1.93. The van der Waals surface area contributed by atoms with Crippen LogP contribution in [0, 0.1) is 0 Å². The first-order valence-electron chi connectivity index (χ1n) is 7.68. The number of aryl methyl sites for hydroxylation is 2. The highest BCUT2D eigenvalue weighted by Crippen LogP contribution is 2.15. The molecule has 2 aromatic heterocycles. The lowest BCUT2D eigenvalue weighted by atomic mass is 10.1. The molecule has 0 radical (unpaired) electrons. The summed E-state index contributed by atoms with van der Waals surface area (Å²) in [7, 11) is 1.56. The van der Waals surface area contributed by atoms with Crippen LogP contribution in [0.1, 0.15) is 19.4 Å². The Bertz CT molecular complexity index is 1070. The molecule has 0 aliphatic heterocycles. The van der Waals surface area contributed by atoms with Gasteiger partial charge in [0, 0.05) is 18.6 Å². The molecule has 2 N–H and O–H groups in total. The van der Waals surface area contributed by atoms with Gasteiger partial charge in [0.1, 0.15) is 0 Å². The largest absolute Gasteiger partial charge is 0.329 e. The van der Waals surface area contributed by atoms with Crippen LogP contribution >= 0.6 is 11.6 Å². The molecule has 0 atom stereocenters. The summed E-state index contributed by atoms with van der Waals surface area (Å²) < 4.78 is 2.97. The van der Waals surface area contributed by atoms with Crippen molar-refractivity contribution in [2.24, 2.45) is 12.1 Å². The van der Waals surface area contributed by atoms with Crippen LogP contribution in [0.3, 0.4) is 0 Å². The zero-order chi connectivity index (χ0) is 18.1. The van der Waals surface area contributed by atoms with Gasteiger partial charge in [0.05, 0.1) is 5.71 Å². The molecular weight excluding hydrogens is 344 g/mol. The first-order chi connectivity index (χ1) is 11.9. The van der Waals surface area contributed by atoms with Crippen molar-refractivity contribution in [1.29, 1.82) is 0 Å². The molecule has 0 aliphatic carbocycles. The van der Waals surface area contributed by atoms with E-state index in [2.05, 4.69) is 20.5 Å². The highest BCUT2D eigenvalue weighted by Gasteiger charge is 2.16. The fraction of sp³-hybridized carbons (Fsp3) is 0.250. The third-order valence-corrected chi connectivity index (χ3v) is 4.16. The first kappa shape index (κ1) is 17.0. The lowest BCUT2D eigenvalue weighted by Crippen LogP contribution is -2.29. The average Bonchev–Trinajstić information content (AvgIpc) is 2.97. The maximum Gasteiger partial charge on any atom is 0.329 e. The number of rotatable bonds is 4. The molecule has 1 aromatic carbocycles. The van der Waals surface area contributed by atoms with E-state index >= 15 is 0 Å². The third kappa shape index (κ3) is 3.08. The summed E-state index contributed by atoms with van der Waals surface area (Å²) in [6, 6.07) is 7.29. The minimum absolute atomic E-state index is 0.303. The fourth-order valence-corrected chi connectivity index (χ4v) is 2.64. The quantitative estimate of drug-likeness (QED) is 0.548. The average molecular weight is 361 g/mol. The number of anilines is 1. The Morgan fingerprint density at radius 2 is 2.00 bits per heavy atom. The summed E-state index contributed by atoms with van der Waals surface area (Å²) in [6.45, 7) is 4.22. The molecule has 2 heterocycles. The Kier molecular flexibility index (Phi) is 4.45. The van der Waals surface area contributed by atoms with Crippen LogP contribution < -0.4 is 16.7 Å². The first-order valence-corrected chi connectivity index (χ1v) is 8.06. The van der Waals surface area contributed by atoms with E-state index < -0.39 is 11.2 Å². The van der Waals surface area contributed by atoms with Crippen molar-refractivity contribution in [2.45, 2.75) is 20.4 Å². The van der Waals surface area contributed by atoms with Gasteiger partial charge < -0.3 is 4.57 Å². The van der Waals surface area contributed by atoms with Crippen LogP contribution in [-0.4, -0.2) is 24.8 Å². The van der Waals surface area contributed by atoms with Crippen molar-refractivity contribution in [3.05, 3.63) is 55.7 Å². The van der Waals surface area contributed by atoms with Gasteiger partial charge >= 0.3 is 5.69 Å². The van der Waals surface area contributed by atoms with Gasteiger partial charge in [-0.1, -0.05) is 23.7 Å². The Morgan fingerprint density at radius 1 is 1.32 bits per heavy atom. The van der Waals surface area contributed by atoms with Gasteiger partial charge in [0.2, 0.25) is 5.95 Å². The molecule has 3 aromatic rings. The molecule has 0 aliphatic rings. The standard InChI is InChI=1S/C16H17ClN6O2/c1-4-23-12-13(22(3)16(25)19-14(12)24)18-15(23)21-20-9(2)10-5-7-11(17)8-6-10/h5-8H,4H2,1-3H3,(H,18,21)(H,19,24,25). The Hall–Kier alpha value is -2.87. The monoisotopic (exact) mass is 360 g/mol. The molecule has 130 valence electrons. The van der Waals surface area contributed by atoms with Gasteiger partial charge in [0.15, 0.2) is 11.2 Å². The van der Waals surface area contributed by atoms with E-state index in [0.29, 0.717) is 28.7 Å². The van der Waals surface area contributed by atoms with Crippen molar-refractivity contribution in [1.82, 2.24) is 19.1 Å². The number of nitrogens with zero attached hydrogens (tertiary/aromatic N) is 4. The highest BCUT2D eigenvalue weighted by molar-refractivity contribution is 6.30. The van der Waals surface area contributed by atoms with Crippen LogP contribution in [-0.2, 0) is 13.6 Å². The van der Waals surface area contributed by atoms with E-state index in [1.165, 1.54) is 4.57 Å². The zero-order valence-electron chi connectivity index (χ0n) is 14.0. The number of imidazole rings is 1. The predicted molar refractivity (Wildman–Crippen MR) is 98.6 cm³/mol. The van der Waals surface area contributed by atoms with Crippen molar-refractivity contribution in [2.75, 3.05) is 5.43 Å².